The summed E-state index contributed by atoms with van der Waals surface area (Å²) in [4.78, 5) is 24.0. The summed E-state index contributed by atoms with van der Waals surface area (Å²) in [6.07, 6.45) is 0. The average Bonchev–Trinajstić information content (AvgIpc) is 2.74. The van der Waals surface area contributed by atoms with Crippen LogP contribution in [-0.2, 0) is 34.7 Å². The summed E-state index contributed by atoms with van der Waals surface area (Å²) in [6.45, 7) is 3.68. The van der Waals surface area contributed by atoms with E-state index in [0.29, 0.717) is 0 Å². The van der Waals surface area contributed by atoms with Crippen LogP contribution in [0.15, 0.2) is 29.8 Å². The van der Waals surface area contributed by atoms with Gasteiger partial charge in [-0.05, 0) is 32.0 Å². The lowest BCUT2D eigenvalue weighted by atomic mass is 9.91. The van der Waals surface area contributed by atoms with Crippen LogP contribution in [0.4, 0.5) is 4.39 Å². The first-order chi connectivity index (χ1) is 11.5. The number of sulfonamides is 1. The van der Waals surface area contributed by atoms with Gasteiger partial charge in [-0.3, -0.25) is 14.3 Å². The van der Waals surface area contributed by atoms with Crippen molar-refractivity contribution in [2.75, 3.05) is 5.75 Å². The maximum absolute atomic E-state index is 13.6. The van der Waals surface area contributed by atoms with Crippen molar-refractivity contribution in [3.05, 3.63) is 46.2 Å². The first-order valence-electron chi connectivity index (χ1n) is 7.12. The summed E-state index contributed by atoms with van der Waals surface area (Å²) < 4.78 is 49.5. The standard InChI is InChI=1S/C15H15ClFNO6S/c1-4-25(21,22)18-14-12(23-8(2)19)13(20)15(3,24-14)10-7-9(17)5-6-11(10)16/h5-7,18H,4H2,1-3H3. The summed E-state index contributed by atoms with van der Waals surface area (Å²) in [5.41, 5.74) is -1.90. The van der Waals surface area contributed by atoms with Crippen molar-refractivity contribution >= 4 is 33.4 Å². The number of rotatable bonds is 5. The van der Waals surface area contributed by atoms with E-state index < -0.39 is 44.8 Å². The van der Waals surface area contributed by atoms with E-state index in [2.05, 4.69) is 0 Å². The largest absolute Gasteiger partial charge is 0.456 e. The van der Waals surface area contributed by atoms with Crippen LogP contribution >= 0.6 is 11.6 Å². The van der Waals surface area contributed by atoms with Gasteiger partial charge in [0.2, 0.25) is 27.3 Å². The van der Waals surface area contributed by atoms with Crippen LogP contribution < -0.4 is 4.72 Å². The molecule has 1 heterocycles. The predicted molar refractivity (Wildman–Crippen MR) is 86.2 cm³/mol. The quantitative estimate of drug-likeness (QED) is 0.770. The van der Waals surface area contributed by atoms with Gasteiger partial charge in [-0.15, -0.1) is 0 Å². The van der Waals surface area contributed by atoms with Crippen molar-refractivity contribution in [2.24, 2.45) is 0 Å². The fourth-order valence-corrected chi connectivity index (χ4v) is 3.03. The van der Waals surface area contributed by atoms with Crippen LogP contribution in [0.1, 0.15) is 26.3 Å². The number of hydrogen-bond donors (Lipinski definition) is 1. The molecular weight excluding hydrogens is 377 g/mol. The maximum Gasteiger partial charge on any atom is 0.308 e. The number of benzene rings is 1. The van der Waals surface area contributed by atoms with Crippen molar-refractivity contribution < 1.29 is 31.9 Å². The molecule has 2 rings (SSSR count). The van der Waals surface area contributed by atoms with Gasteiger partial charge >= 0.3 is 5.97 Å². The number of ketones is 1. The van der Waals surface area contributed by atoms with E-state index in [9.17, 15) is 22.4 Å². The van der Waals surface area contributed by atoms with Crippen LogP contribution in [0, 0.1) is 5.82 Å². The van der Waals surface area contributed by atoms with Gasteiger partial charge in [0.05, 0.1) is 5.75 Å². The Morgan fingerprint density at radius 2 is 2.08 bits per heavy atom. The molecule has 1 aromatic rings. The molecule has 1 atom stereocenters. The highest BCUT2D eigenvalue weighted by molar-refractivity contribution is 7.89. The lowest BCUT2D eigenvalue weighted by molar-refractivity contribution is -0.142. The molecule has 0 bridgehead atoms. The Kier molecular flexibility index (Phi) is 5.10. The zero-order chi connectivity index (χ0) is 19.0. The molecule has 0 saturated heterocycles. The van der Waals surface area contributed by atoms with E-state index >= 15 is 0 Å². The molecule has 7 nitrogen and oxygen atoms in total. The zero-order valence-corrected chi connectivity index (χ0v) is 15.1. The van der Waals surface area contributed by atoms with E-state index in [1.165, 1.54) is 19.9 Å². The van der Waals surface area contributed by atoms with Crippen LogP contribution in [0.5, 0.6) is 0 Å². The summed E-state index contributed by atoms with van der Waals surface area (Å²) in [5, 5.41) is 0.0269. The number of nitrogens with one attached hydrogen (secondary N) is 1. The molecule has 1 aromatic carbocycles. The van der Waals surface area contributed by atoms with Gasteiger partial charge in [-0.1, -0.05) is 11.6 Å². The first kappa shape index (κ1) is 19.2. The van der Waals surface area contributed by atoms with Gasteiger partial charge in [0.25, 0.3) is 5.78 Å². The van der Waals surface area contributed by atoms with Crippen LogP contribution in [0.3, 0.4) is 0 Å². The van der Waals surface area contributed by atoms with Crippen molar-refractivity contribution in [1.82, 2.24) is 4.72 Å². The fraction of sp³-hybridized carbons (Fsp3) is 0.333. The summed E-state index contributed by atoms with van der Waals surface area (Å²) in [6, 6.07) is 3.31. The van der Waals surface area contributed by atoms with Gasteiger partial charge in [-0.25, -0.2) is 12.8 Å². The van der Waals surface area contributed by atoms with E-state index in [4.69, 9.17) is 21.1 Å². The van der Waals surface area contributed by atoms with Gasteiger partial charge in [0, 0.05) is 17.5 Å². The maximum atomic E-state index is 13.6. The van der Waals surface area contributed by atoms with Crippen molar-refractivity contribution in [3.8, 4) is 0 Å². The third kappa shape index (κ3) is 3.77. The molecule has 25 heavy (non-hydrogen) atoms. The molecule has 10 heteroatoms. The number of carbonyl (C=O) groups excluding carboxylic acids is 2. The zero-order valence-electron chi connectivity index (χ0n) is 13.6. The first-order valence-corrected chi connectivity index (χ1v) is 9.15. The highest BCUT2D eigenvalue weighted by Gasteiger charge is 2.51. The molecule has 0 aromatic heterocycles. The van der Waals surface area contributed by atoms with Crippen molar-refractivity contribution in [2.45, 2.75) is 26.4 Å². The Hall–Kier alpha value is -2.13. The van der Waals surface area contributed by atoms with Gasteiger partial charge < -0.3 is 9.47 Å². The average molecular weight is 392 g/mol. The number of halogens is 2. The van der Waals surface area contributed by atoms with Crippen LogP contribution in [0.25, 0.3) is 0 Å². The molecule has 1 N–H and O–H groups in total. The lowest BCUT2D eigenvalue weighted by Gasteiger charge is -2.24. The number of esters is 1. The predicted octanol–water partition coefficient (Wildman–Crippen LogP) is 1.97. The minimum atomic E-state index is -3.83. The highest BCUT2D eigenvalue weighted by Crippen LogP contribution is 2.41. The smallest absolute Gasteiger partial charge is 0.308 e. The Morgan fingerprint density at radius 3 is 2.64 bits per heavy atom. The Labute approximate surface area is 148 Å². The fourth-order valence-electron chi connectivity index (χ4n) is 2.17. The summed E-state index contributed by atoms with van der Waals surface area (Å²) in [7, 11) is -3.83. The molecule has 0 radical (unpaired) electrons. The topological polar surface area (TPSA) is 98.8 Å². The minimum Gasteiger partial charge on any atom is -0.456 e. The third-order valence-corrected chi connectivity index (χ3v) is 5.05. The van der Waals surface area contributed by atoms with E-state index in [1.54, 1.807) is 0 Å². The van der Waals surface area contributed by atoms with E-state index in [1.807, 2.05) is 4.72 Å². The molecule has 1 aliphatic rings. The van der Waals surface area contributed by atoms with Gasteiger partial charge in [0.15, 0.2) is 0 Å². The summed E-state index contributed by atoms with van der Waals surface area (Å²) in [5.74, 6) is -3.87. The van der Waals surface area contributed by atoms with Crippen molar-refractivity contribution in [1.29, 1.82) is 0 Å². The molecule has 0 aliphatic carbocycles. The monoisotopic (exact) mass is 391 g/mol. The number of carbonyl (C=O) groups is 2. The number of Topliss-reactive ketones (excluding diaryl/α,β-unsaturated/α-hetero) is 1. The molecular formula is C15H15ClFNO6S. The number of ether oxygens (including phenoxy) is 2. The molecule has 0 fully saturated rings. The Morgan fingerprint density at radius 1 is 1.44 bits per heavy atom. The van der Waals surface area contributed by atoms with E-state index in [0.717, 1.165) is 19.1 Å². The third-order valence-electron chi connectivity index (χ3n) is 3.47. The molecule has 136 valence electrons. The van der Waals surface area contributed by atoms with Crippen LogP contribution in [0.2, 0.25) is 5.02 Å². The second-order valence-corrected chi connectivity index (χ2v) is 7.76. The van der Waals surface area contributed by atoms with Crippen molar-refractivity contribution in [3.63, 3.8) is 0 Å². The minimum absolute atomic E-state index is 0.0269. The molecule has 1 unspecified atom stereocenters. The Balaban J connectivity index is 2.54. The summed E-state index contributed by atoms with van der Waals surface area (Å²) >= 11 is 6.03. The second kappa shape index (κ2) is 6.64. The lowest BCUT2D eigenvalue weighted by Crippen LogP contribution is -2.33. The molecule has 0 spiro atoms. The SMILES string of the molecule is CCS(=O)(=O)NC1=C(OC(C)=O)C(=O)C(C)(c2cc(F)ccc2Cl)O1. The highest BCUT2D eigenvalue weighted by atomic mass is 35.5. The van der Waals surface area contributed by atoms with Gasteiger partial charge in [0.1, 0.15) is 5.82 Å². The van der Waals surface area contributed by atoms with Crippen LogP contribution in [-0.4, -0.2) is 25.9 Å². The number of hydrogen-bond acceptors (Lipinski definition) is 6. The van der Waals surface area contributed by atoms with E-state index in [-0.39, 0.29) is 16.3 Å². The normalized spacial score (nSPS) is 20.4. The van der Waals surface area contributed by atoms with Gasteiger partial charge in [-0.2, -0.15) is 0 Å². The second-order valence-electron chi connectivity index (χ2n) is 5.35. The molecule has 1 aliphatic heterocycles. The molecule has 0 amide bonds. The Bertz CT molecular complexity index is 882. The molecule has 0 saturated carbocycles.